The lowest BCUT2D eigenvalue weighted by atomic mass is 9.82. The van der Waals surface area contributed by atoms with Crippen LogP contribution in [0.4, 0.5) is 13.2 Å². The number of ether oxygens (including phenoxy) is 1. The molecule has 3 rings (SSSR count). The molecule has 0 saturated heterocycles. The Morgan fingerprint density at radius 3 is 2.40 bits per heavy atom. The van der Waals surface area contributed by atoms with Crippen LogP contribution in [0.15, 0.2) is 36.7 Å². The summed E-state index contributed by atoms with van der Waals surface area (Å²) in [7, 11) is 0. The van der Waals surface area contributed by atoms with Crippen molar-refractivity contribution in [2.24, 2.45) is 0 Å². The third-order valence-electron chi connectivity index (χ3n) is 4.25. The fourth-order valence-electron chi connectivity index (χ4n) is 2.30. The van der Waals surface area contributed by atoms with Gasteiger partial charge in [-0.15, -0.1) is 0 Å². The maximum absolute atomic E-state index is 13.0. The molecule has 0 unspecified atom stereocenters. The van der Waals surface area contributed by atoms with Crippen molar-refractivity contribution in [3.05, 3.63) is 47.9 Å². The number of alkyl halides is 3. The molecule has 0 radical (unpaired) electrons. The van der Waals surface area contributed by atoms with E-state index in [4.69, 9.17) is 4.74 Å². The number of hydrogen-bond acceptors (Lipinski definition) is 4. The highest BCUT2D eigenvalue weighted by Crippen LogP contribution is 2.33. The Morgan fingerprint density at radius 2 is 1.80 bits per heavy atom. The zero-order valence-electron chi connectivity index (χ0n) is 14.0. The second kappa shape index (κ2) is 6.02. The van der Waals surface area contributed by atoms with Gasteiger partial charge in [0.2, 0.25) is 5.88 Å². The largest absolute Gasteiger partial charge is 0.439 e. The molecule has 0 aliphatic rings. The lowest BCUT2D eigenvalue weighted by Crippen LogP contribution is -2.15. The summed E-state index contributed by atoms with van der Waals surface area (Å²) in [6, 6.07) is 8.07. The van der Waals surface area contributed by atoms with Gasteiger partial charge in [-0.2, -0.15) is 27.8 Å². The first-order chi connectivity index (χ1) is 11.7. The molecule has 0 bridgehead atoms. The van der Waals surface area contributed by atoms with Crippen LogP contribution in [0.5, 0.6) is 11.6 Å². The second-order valence-corrected chi connectivity index (χ2v) is 6.31. The van der Waals surface area contributed by atoms with E-state index in [1.165, 1.54) is 0 Å². The van der Waals surface area contributed by atoms with E-state index in [-0.39, 0.29) is 17.1 Å². The molecule has 3 aromatic rings. The van der Waals surface area contributed by atoms with Crippen molar-refractivity contribution < 1.29 is 17.9 Å². The predicted octanol–water partition coefficient (Wildman–Crippen LogP) is 4.62. The summed E-state index contributed by atoms with van der Waals surface area (Å²) in [4.78, 5) is 7.16. The van der Waals surface area contributed by atoms with Crippen LogP contribution in [-0.4, -0.2) is 19.6 Å². The first-order valence-electron chi connectivity index (χ1n) is 7.77. The van der Waals surface area contributed by atoms with Crippen molar-refractivity contribution in [1.82, 2.24) is 19.6 Å². The number of fused-ring (bicyclic) bond motifs is 1. The van der Waals surface area contributed by atoms with Gasteiger partial charge in [0, 0.05) is 6.07 Å². The zero-order valence-corrected chi connectivity index (χ0v) is 14.0. The Kier molecular flexibility index (Phi) is 4.14. The van der Waals surface area contributed by atoms with Crippen LogP contribution >= 0.6 is 0 Å². The Morgan fingerprint density at radius 1 is 1.12 bits per heavy atom. The minimum absolute atomic E-state index is 0.0117. The molecule has 25 heavy (non-hydrogen) atoms. The van der Waals surface area contributed by atoms with E-state index >= 15 is 0 Å². The molecule has 0 N–H and O–H groups in total. The van der Waals surface area contributed by atoms with Gasteiger partial charge in [0.25, 0.3) is 5.78 Å². The average Bonchev–Trinajstić information content (AvgIpc) is 3.03. The minimum atomic E-state index is -4.60. The Bertz CT molecular complexity index is 885. The number of aromatic nitrogens is 4. The van der Waals surface area contributed by atoms with Crippen molar-refractivity contribution in [2.45, 2.75) is 38.8 Å². The molecule has 5 nitrogen and oxygen atoms in total. The maximum Gasteiger partial charge on any atom is 0.433 e. The van der Waals surface area contributed by atoms with E-state index in [0.717, 1.165) is 28.9 Å². The van der Waals surface area contributed by atoms with Crippen LogP contribution in [0.2, 0.25) is 0 Å². The van der Waals surface area contributed by atoms with Gasteiger partial charge in [-0.05, 0) is 29.5 Å². The molecule has 8 heteroatoms. The van der Waals surface area contributed by atoms with Crippen LogP contribution in [0.25, 0.3) is 5.78 Å². The number of benzene rings is 1. The third kappa shape index (κ3) is 3.42. The standard InChI is InChI=1S/C17H17F3N4O/c1-4-16(2,3)11-5-7-12(8-6-11)25-14-9-13(17(18,19)20)23-15-21-10-22-24(14)15/h5-10H,4H2,1-3H3. The number of hydrogen-bond donors (Lipinski definition) is 0. The van der Waals surface area contributed by atoms with Crippen LogP contribution < -0.4 is 4.74 Å². The smallest absolute Gasteiger partial charge is 0.433 e. The molecule has 1 aromatic carbocycles. The molecule has 2 aromatic heterocycles. The summed E-state index contributed by atoms with van der Waals surface area (Å²) < 4.78 is 45.7. The molecule has 0 atom stereocenters. The summed E-state index contributed by atoms with van der Waals surface area (Å²) in [6.45, 7) is 6.35. The maximum atomic E-state index is 13.0. The summed E-state index contributed by atoms with van der Waals surface area (Å²) >= 11 is 0. The number of rotatable bonds is 4. The van der Waals surface area contributed by atoms with Gasteiger partial charge in [-0.3, -0.25) is 0 Å². The summed E-state index contributed by atoms with van der Waals surface area (Å²) in [6.07, 6.45) is -2.50. The number of nitrogens with zero attached hydrogens (tertiary/aromatic N) is 4. The highest BCUT2D eigenvalue weighted by atomic mass is 19.4. The molecule has 0 amide bonds. The molecule has 0 aliphatic carbocycles. The SMILES string of the molecule is CCC(C)(C)c1ccc(Oc2cc(C(F)(F)F)nc3ncnn23)cc1. The fourth-order valence-corrected chi connectivity index (χ4v) is 2.30. The van der Waals surface area contributed by atoms with Gasteiger partial charge >= 0.3 is 6.18 Å². The van der Waals surface area contributed by atoms with Crippen molar-refractivity contribution >= 4 is 5.78 Å². The molecule has 0 fully saturated rings. The van der Waals surface area contributed by atoms with E-state index in [0.29, 0.717) is 5.75 Å². The van der Waals surface area contributed by atoms with E-state index in [1.807, 2.05) is 12.1 Å². The Balaban J connectivity index is 1.96. The minimum Gasteiger partial charge on any atom is -0.439 e. The van der Waals surface area contributed by atoms with Crippen LogP contribution in [0.1, 0.15) is 38.4 Å². The lowest BCUT2D eigenvalue weighted by Gasteiger charge is -2.23. The monoisotopic (exact) mass is 350 g/mol. The van der Waals surface area contributed by atoms with E-state index in [9.17, 15) is 13.2 Å². The van der Waals surface area contributed by atoms with Crippen molar-refractivity contribution in [3.63, 3.8) is 0 Å². The number of halogens is 3. The van der Waals surface area contributed by atoms with E-state index in [2.05, 4.69) is 35.8 Å². The third-order valence-corrected chi connectivity index (χ3v) is 4.25. The van der Waals surface area contributed by atoms with E-state index < -0.39 is 11.9 Å². The normalized spacial score (nSPS) is 12.6. The van der Waals surface area contributed by atoms with Crippen molar-refractivity contribution in [3.8, 4) is 11.6 Å². The lowest BCUT2D eigenvalue weighted by molar-refractivity contribution is -0.141. The fraction of sp³-hybridized carbons (Fsp3) is 0.353. The highest BCUT2D eigenvalue weighted by Gasteiger charge is 2.34. The summed E-state index contributed by atoms with van der Waals surface area (Å²) in [5.41, 5.74) is 0.0587. The highest BCUT2D eigenvalue weighted by molar-refractivity contribution is 5.38. The van der Waals surface area contributed by atoms with E-state index in [1.54, 1.807) is 12.1 Å². The molecule has 0 saturated carbocycles. The van der Waals surface area contributed by atoms with Gasteiger partial charge in [0.05, 0.1) is 0 Å². The first kappa shape index (κ1) is 17.2. The van der Waals surface area contributed by atoms with Gasteiger partial charge in [0.1, 0.15) is 12.1 Å². The van der Waals surface area contributed by atoms with Gasteiger partial charge in [0.15, 0.2) is 5.69 Å². The predicted molar refractivity (Wildman–Crippen MR) is 85.6 cm³/mol. The quantitative estimate of drug-likeness (QED) is 0.689. The molecule has 0 spiro atoms. The second-order valence-electron chi connectivity index (χ2n) is 6.31. The summed E-state index contributed by atoms with van der Waals surface area (Å²) in [5, 5.41) is 3.86. The van der Waals surface area contributed by atoms with Gasteiger partial charge in [-0.1, -0.05) is 32.9 Å². The molecular weight excluding hydrogens is 333 g/mol. The molecule has 132 valence electrons. The topological polar surface area (TPSA) is 52.3 Å². The van der Waals surface area contributed by atoms with Crippen molar-refractivity contribution in [1.29, 1.82) is 0 Å². The van der Waals surface area contributed by atoms with Crippen LogP contribution in [0, 0.1) is 0 Å². The summed E-state index contributed by atoms with van der Waals surface area (Å²) in [5.74, 6) is 0.137. The van der Waals surface area contributed by atoms with Crippen LogP contribution in [-0.2, 0) is 11.6 Å². The molecule has 0 aliphatic heterocycles. The van der Waals surface area contributed by atoms with Crippen LogP contribution in [0.3, 0.4) is 0 Å². The Hall–Kier alpha value is -2.64. The molecular formula is C17H17F3N4O. The molecule has 2 heterocycles. The zero-order chi connectivity index (χ0) is 18.2. The first-order valence-corrected chi connectivity index (χ1v) is 7.77. The Labute approximate surface area is 142 Å². The van der Waals surface area contributed by atoms with Gasteiger partial charge < -0.3 is 4.74 Å². The van der Waals surface area contributed by atoms with Crippen molar-refractivity contribution in [2.75, 3.05) is 0 Å². The van der Waals surface area contributed by atoms with Gasteiger partial charge in [-0.25, -0.2) is 4.98 Å². The average molecular weight is 350 g/mol.